The molecule has 1 aliphatic rings. The summed E-state index contributed by atoms with van der Waals surface area (Å²) < 4.78 is 5.30. The van der Waals surface area contributed by atoms with Crippen molar-refractivity contribution in [2.45, 2.75) is 26.2 Å². The molecule has 0 saturated heterocycles. The third-order valence-electron chi connectivity index (χ3n) is 5.06. The minimum Gasteiger partial charge on any atom is -0.497 e. The van der Waals surface area contributed by atoms with Crippen molar-refractivity contribution in [3.05, 3.63) is 71.4 Å². The Hall–Kier alpha value is -3.08. The van der Waals surface area contributed by atoms with Gasteiger partial charge in [-0.05, 0) is 55.5 Å². The van der Waals surface area contributed by atoms with Crippen molar-refractivity contribution < 1.29 is 4.74 Å². The number of benzene rings is 2. The number of aryl methyl sites for hydroxylation is 2. The standard InChI is InChI=1S/C23H26N4O/c1-17-15-22(27-14-6-9-19-8-3-4-11-21(19)27)26-23(25-17)24-13-12-18-7-5-10-20(16-18)28-2/h3-5,7-8,10-11,15-16H,6,9,12-14H2,1-2H3,(H,24,25,26). The molecule has 0 aliphatic carbocycles. The van der Waals surface area contributed by atoms with Gasteiger partial charge < -0.3 is 15.0 Å². The van der Waals surface area contributed by atoms with Gasteiger partial charge in [-0.1, -0.05) is 30.3 Å². The van der Waals surface area contributed by atoms with Gasteiger partial charge in [-0.15, -0.1) is 0 Å². The van der Waals surface area contributed by atoms with Gasteiger partial charge in [0.1, 0.15) is 11.6 Å². The van der Waals surface area contributed by atoms with E-state index in [9.17, 15) is 0 Å². The number of nitrogens with one attached hydrogen (secondary N) is 1. The lowest BCUT2D eigenvalue weighted by Crippen LogP contribution is -2.26. The number of anilines is 3. The van der Waals surface area contributed by atoms with Crippen molar-refractivity contribution in [1.82, 2.24) is 9.97 Å². The molecule has 0 unspecified atom stereocenters. The molecular weight excluding hydrogens is 348 g/mol. The molecule has 0 radical (unpaired) electrons. The molecule has 28 heavy (non-hydrogen) atoms. The molecule has 0 atom stereocenters. The van der Waals surface area contributed by atoms with E-state index in [1.54, 1.807) is 7.11 Å². The molecule has 3 aromatic rings. The number of aromatic nitrogens is 2. The molecule has 0 amide bonds. The Morgan fingerprint density at radius 2 is 1.96 bits per heavy atom. The second-order valence-electron chi connectivity index (χ2n) is 7.10. The molecule has 0 spiro atoms. The van der Waals surface area contributed by atoms with Crippen molar-refractivity contribution in [2.75, 3.05) is 30.4 Å². The number of hydrogen-bond acceptors (Lipinski definition) is 5. The summed E-state index contributed by atoms with van der Waals surface area (Å²) in [6, 6.07) is 18.8. The lowest BCUT2D eigenvalue weighted by Gasteiger charge is -2.30. The molecule has 4 rings (SSSR count). The Morgan fingerprint density at radius 1 is 1.07 bits per heavy atom. The maximum Gasteiger partial charge on any atom is 0.224 e. The van der Waals surface area contributed by atoms with Crippen LogP contribution in [0.1, 0.15) is 23.2 Å². The fourth-order valence-corrected chi connectivity index (χ4v) is 3.69. The number of para-hydroxylation sites is 1. The highest BCUT2D eigenvalue weighted by Crippen LogP contribution is 2.32. The van der Waals surface area contributed by atoms with Gasteiger partial charge >= 0.3 is 0 Å². The number of hydrogen-bond donors (Lipinski definition) is 1. The second kappa shape index (κ2) is 8.30. The zero-order chi connectivity index (χ0) is 19.3. The first kappa shape index (κ1) is 18.3. The molecule has 144 valence electrons. The largest absolute Gasteiger partial charge is 0.497 e. The van der Waals surface area contributed by atoms with Gasteiger partial charge in [0.05, 0.1) is 7.11 Å². The number of ether oxygens (including phenoxy) is 1. The van der Waals surface area contributed by atoms with Gasteiger partial charge in [0, 0.05) is 30.5 Å². The first-order chi connectivity index (χ1) is 13.7. The molecule has 5 heteroatoms. The number of methoxy groups -OCH3 is 1. The second-order valence-corrected chi connectivity index (χ2v) is 7.10. The lowest BCUT2D eigenvalue weighted by atomic mass is 10.0. The molecule has 0 bridgehead atoms. The van der Waals surface area contributed by atoms with Crippen LogP contribution in [0.5, 0.6) is 5.75 Å². The van der Waals surface area contributed by atoms with E-state index in [1.807, 2.05) is 19.1 Å². The van der Waals surface area contributed by atoms with Gasteiger partial charge in [0.25, 0.3) is 0 Å². The first-order valence-electron chi connectivity index (χ1n) is 9.81. The SMILES string of the molecule is COc1cccc(CCNc2nc(C)cc(N3CCCc4ccccc43)n2)c1. The molecule has 5 nitrogen and oxygen atoms in total. The zero-order valence-electron chi connectivity index (χ0n) is 16.5. The molecule has 0 fully saturated rings. The third kappa shape index (κ3) is 4.09. The fraction of sp³-hybridized carbons (Fsp3) is 0.304. The average Bonchev–Trinajstić information content (AvgIpc) is 2.73. The summed E-state index contributed by atoms with van der Waals surface area (Å²) in [6.45, 7) is 3.78. The molecule has 1 N–H and O–H groups in total. The zero-order valence-corrected chi connectivity index (χ0v) is 16.5. The van der Waals surface area contributed by atoms with Crippen LogP contribution in [0.2, 0.25) is 0 Å². The predicted molar refractivity (Wildman–Crippen MR) is 114 cm³/mol. The van der Waals surface area contributed by atoms with Crippen LogP contribution >= 0.6 is 0 Å². The van der Waals surface area contributed by atoms with Crippen LogP contribution in [0, 0.1) is 6.92 Å². The highest BCUT2D eigenvalue weighted by Gasteiger charge is 2.19. The molecule has 2 aromatic carbocycles. The topological polar surface area (TPSA) is 50.3 Å². The summed E-state index contributed by atoms with van der Waals surface area (Å²) in [7, 11) is 1.69. The van der Waals surface area contributed by atoms with Crippen molar-refractivity contribution in [3.63, 3.8) is 0 Å². The number of nitrogens with zero attached hydrogens (tertiary/aromatic N) is 3. The van der Waals surface area contributed by atoms with Crippen LogP contribution < -0.4 is 15.0 Å². The van der Waals surface area contributed by atoms with Gasteiger partial charge in [0.2, 0.25) is 5.95 Å². The summed E-state index contributed by atoms with van der Waals surface area (Å²) in [5.74, 6) is 2.53. The van der Waals surface area contributed by atoms with Crippen molar-refractivity contribution in [2.24, 2.45) is 0 Å². The smallest absolute Gasteiger partial charge is 0.224 e. The Morgan fingerprint density at radius 3 is 2.86 bits per heavy atom. The summed E-state index contributed by atoms with van der Waals surface area (Å²) in [6.07, 6.45) is 3.15. The van der Waals surface area contributed by atoms with E-state index in [2.05, 4.69) is 57.7 Å². The van der Waals surface area contributed by atoms with Crippen LogP contribution in [-0.2, 0) is 12.8 Å². The van der Waals surface area contributed by atoms with Crippen molar-refractivity contribution >= 4 is 17.5 Å². The Kier molecular flexibility index (Phi) is 5.42. The average molecular weight is 374 g/mol. The van der Waals surface area contributed by atoms with Crippen LogP contribution in [0.3, 0.4) is 0 Å². The quantitative estimate of drug-likeness (QED) is 0.687. The van der Waals surface area contributed by atoms with E-state index in [1.165, 1.54) is 16.8 Å². The monoisotopic (exact) mass is 374 g/mol. The number of rotatable bonds is 6. The summed E-state index contributed by atoms with van der Waals surface area (Å²) in [5.41, 5.74) is 4.84. The minimum atomic E-state index is 0.681. The Bertz CT molecular complexity index is 957. The third-order valence-corrected chi connectivity index (χ3v) is 5.06. The van der Waals surface area contributed by atoms with E-state index in [0.717, 1.165) is 49.6 Å². The maximum atomic E-state index is 5.30. The van der Waals surface area contributed by atoms with Crippen LogP contribution in [-0.4, -0.2) is 30.2 Å². The minimum absolute atomic E-state index is 0.681. The highest BCUT2D eigenvalue weighted by molar-refractivity contribution is 5.66. The first-order valence-corrected chi connectivity index (χ1v) is 9.81. The van der Waals surface area contributed by atoms with Gasteiger partial charge in [-0.2, -0.15) is 4.98 Å². The van der Waals surface area contributed by atoms with Gasteiger partial charge in [-0.25, -0.2) is 4.98 Å². The van der Waals surface area contributed by atoms with Crippen molar-refractivity contribution in [1.29, 1.82) is 0 Å². The van der Waals surface area contributed by atoms with E-state index in [-0.39, 0.29) is 0 Å². The summed E-state index contributed by atoms with van der Waals surface area (Å²) >= 11 is 0. The fourth-order valence-electron chi connectivity index (χ4n) is 3.69. The van der Waals surface area contributed by atoms with Crippen molar-refractivity contribution in [3.8, 4) is 5.75 Å². The molecule has 2 heterocycles. The normalized spacial score (nSPS) is 13.1. The van der Waals surface area contributed by atoms with Gasteiger partial charge in [-0.3, -0.25) is 0 Å². The van der Waals surface area contributed by atoms with Crippen LogP contribution in [0.4, 0.5) is 17.5 Å². The van der Waals surface area contributed by atoms with E-state index < -0.39 is 0 Å². The van der Waals surface area contributed by atoms with Crippen LogP contribution in [0.15, 0.2) is 54.6 Å². The molecule has 1 aliphatic heterocycles. The molecule has 0 saturated carbocycles. The van der Waals surface area contributed by atoms with E-state index >= 15 is 0 Å². The maximum absolute atomic E-state index is 5.30. The summed E-state index contributed by atoms with van der Waals surface area (Å²) in [4.78, 5) is 11.7. The molecular formula is C23H26N4O. The molecule has 1 aromatic heterocycles. The number of fused-ring (bicyclic) bond motifs is 1. The van der Waals surface area contributed by atoms with E-state index in [0.29, 0.717) is 5.95 Å². The highest BCUT2D eigenvalue weighted by atomic mass is 16.5. The predicted octanol–water partition coefficient (Wildman–Crippen LogP) is 4.53. The van der Waals surface area contributed by atoms with Crippen LogP contribution in [0.25, 0.3) is 0 Å². The Labute approximate surface area is 166 Å². The van der Waals surface area contributed by atoms with Gasteiger partial charge in [0.15, 0.2) is 0 Å². The Balaban J connectivity index is 1.49. The summed E-state index contributed by atoms with van der Waals surface area (Å²) in [5, 5.41) is 3.39. The van der Waals surface area contributed by atoms with E-state index in [4.69, 9.17) is 9.72 Å². The lowest BCUT2D eigenvalue weighted by molar-refractivity contribution is 0.414.